The minimum atomic E-state index is -0.181. The van der Waals surface area contributed by atoms with E-state index in [1.54, 1.807) is 19.5 Å². The Bertz CT molecular complexity index is 1390. The number of ether oxygens (including phenoxy) is 1. The zero-order valence-electron chi connectivity index (χ0n) is 19.0. The van der Waals surface area contributed by atoms with E-state index in [-0.39, 0.29) is 11.7 Å². The van der Waals surface area contributed by atoms with Gasteiger partial charge in [-0.25, -0.2) is 0 Å². The van der Waals surface area contributed by atoms with Gasteiger partial charge in [0.2, 0.25) is 5.91 Å². The molecule has 0 bridgehead atoms. The van der Waals surface area contributed by atoms with Gasteiger partial charge in [-0.2, -0.15) is 5.26 Å². The summed E-state index contributed by atoms with van der Waals surface area (Å²) in [6.07, 6.45) is 7.50. The summed E-state index contributed by atoms with van der Waals surface area (Å²) in [5, 5.41) is 22.6. The van der Waals surface area contributed by atoms with Crippen LogP contribution in [0.3, 0.4) is 0 Å². The summed E-state index contributed by atoms with van der Waals surface area (Å²) in [7, 11) is 1.62. The minimum absolute atomic E-state index is 0.137. The molecule has 1 aromatic carbocycles. The number of aromatic nitrogens is 4. The molecule has 0 saturated carbocycles. The van der Waals surface area contributed by atoms with E-state index in [1.165, 1.54) is 28.0 Å². The number of aryl methyl sites for hydroxylation is 1. The Hall–Kier alpha value is -3.68. The second kappa shape index (κ2) is 10.3. The molecular formula is C25H22N6O2S2. The van der Waals surface area contributed by atoms with E-state index in [0.29, 0.717) is 21.5 Å². The lowest BCUT2D eigenvalue weighted by Crippen LogP contribution is -2.14. The van der Waals surface area contributed by atoms with Crippen molar-refractivity contribution in [3.05, 3.63) is 64.8 Å². The van der Waals surface area contributed by atoms with Gasteiger partial charge in [0.15, 0.2) is 11.0 Å². The van der Waals surface area contributed by atoms with Crippen LogP contribution in [-0.4, -0.2) is 38.5 Å². The average molecular weight is 503 g/mol. The van der Waals surface area contributed by atoms with Crippen molar-refractivity contribution in [2.45, 2.75) is 30.8 Å². The van der Waals surface area contributed by atoms with Gasteiger partial charge in [0, 0.05) is 28.5 Å². The van der Waals surface area contributed by atoms with Gasteiger partial charge in [0.05, 0.1) is 18.4 Å². The van der Waals surface area contributed by atoms with Crippen molar-refractivity contribution in [2.24, 2.45) is 0 Å². The van der Waals surface area contributed by atoms with Gasteiger partial charge in [-0.15, -0.1) is 21.5 Å². The number of hydrogen-bond acceptors (Lipinski definition) is 8. The van der Waals surface area contributed by atoms with Crippen LogP contribution in [0.15, 0.2) is 53.9 Å². The van der Waals surface area contributed by atoms with Crippen molar-refractivity contribution in [3.8, 4) is 28.9 Å². The van der Waals surface area contributed by atoms with E-state index in [9.17, 15) is 10.1 Å². The van der Waals surface area contributed by atoms with Crippen molar-refractivity contribution in [1.29, 1.82) is 5.26 Å². The Morgan fingerprint density at radius 3 is 2.69 bits per heavy atom. The van der Waals surface area contributed by atoms with Gasteiger partial charge >= 0.3 is 0 Å². The molecule has 0 saturated heterocycles. The Balaban J connectivity index is 1.39. The van der Waals surface area contributed by atoms with Crippen molar-refractivity contribution < 1.29 is 9.53 Å². The lowest BCUT2D eigenvalue weighted by atomic mass is 9.96. The summed E-state index contributed by atoms with van der Waals surface area (Å²) >= 11 is 2.82. The molecule has 5 rings (SSSR count). The Morgan fingerprint density at radius 2 is 1.94 bits per heavy atom. The van der Waals surface area contributed by atoms with Crippen LogP contribution in [0.1, 0.15) is 28.8 Å². The fourth-order valence-corrected chi connectivity index (χ4v) is 6.09. The molecule has 1 aliphatic carbocycles. The second-order valence-corrected chi connectivity index (χ2v) is 9.99. The number of carbonyl (C=O) groups is 1. The molecule has 8 nitrogen and oxygen atoms in total. The van der Waals surface area contributed by atoms with E-state index in [2.05, 4.69) is 26.6 Å². The number of nitriles is 1. The van der Waals surface area contributed by atoms with Gasteiger partial charge in [0.1, 0.15) is 16.8 Å². The number of hydrogen-bond donors (Lipinski definition) is 1. The molecule has 3 aromatic heterocycles. The van der Waals surface area contributed by atoms with Gasteiger partial charge in [-0.05, 0) is 67.6 Å². The SMILES string of the molecule is COc1ccc(-n2c(SCC(=O)Nc3sc4c(c3C#N)CCCC4)nnc2-c2ccncc2)cc1. The highest BCUT2D eigenvalue weighted by Gasteiger charge is 2.22. The first kappa shape index (κ1) is 23.1. The first-order valence-corrected chi connectivity index (χ1v) is 13.0. The first-order valence-electron chi connectivity index (χ1n) is 11.2. The summed E-state index contributed by atoms with van der Waals surface area (Å²) in [4.78, 5) is 18.2. The van der Waals surface area contributed by atoms with Crippen LogP contribution in [-0.2, 0) is 17.6 Å². The molecule has 1 N–H and O–H groups in total. The molecule has 0 aliphatic heterocycles. The van der Waals surface area contributed by atoms with Crippen LogP contribution in [0, 0.1) is 11.3 Å². The van der Waals surface area contributed by atoms with Crippen LogP contribution in [0.4, 0.5) is 5.00 Å². The number of nitrogens with one attached hydrogen (secondary N) is 1. The third-order valence-corrected chi connectivity index (χ3v) is 7.91. The minimum Gasteiger partial charge on any atom is -0.497 e. The fourth-order valence-electron chi connectivity index (χ4n) is 4.08. The number of thioether (sulfide) groups is 1. The highest BCUT2D eigenvalue weighted by atomic mass is 32.2. The molecule has 3 heterocycles. The maximum absolute atomic E-state index is 12.9. The number of anilines is 1. The van der Waals surface area contributed by atoms with Gasteiger partial charge in [0.25, 0.3) is 0 Å². The van der Waals surface area contributed by atoms with Gasteiger partial charge in [-0.3, -0.25) is 14.3 Å². The predicted octanol–water partition coefficient (Wildman–Crippen LogP) is 4.88. The van der Waals surface area contributed by atoms with E-state index in [4.69, 9.17) is 4.74 Å². The lowest BCUT2D eigenvalue weighted by molar-refractivity contribution is -0.113. The zero-order chi connectivity index (χ0) is 24.2. The highest BCUT2D eigenvalue weighted by Crippen LogP contribution is 2.38. The van der Waals surface area contributed by atoms with Crippen LogP contribution in [0.2, 0.25) is 0 Å². The Kier molecular flexibility index (Phi) is 6.79. The molecule has 0 fully saturated rings. The quantitative estimate of drug-likeness (QED) is 0.359. The average Bonchev–Trinajstić information content (AvgIpc) is 3.49. The topological polar surface area (TPSA) is 106 Å². The standard InChI is InChI=1S/C25H22N6O2S2/c1-33-18-8-6-17(7-9-18)31-23(16-10-12-27-13-11-16)29-30-25(31)34-15-22(32)28-24-20(14-26)19-4-2-3-5-21(19)35-24/h6-13H,2-5,15H2,1H3,(H,28,32). The van der Waals surface area contributed by atoms with Crippen LogP contribution >= 0.6 is 23.1 Å². The molecule has 1 amide bonds. The number of pyridine rings is 1. The molecule has 1 aliphatic rings. The van der Waals surface area contributed by atoms with E-state index in [0.717, 1.165) is 48.2 Å². The van der Waals surface area contributed by atoms with Crippen molar-refractivity contribution in [3.63, 3.8) is 0 Å². The summed E-state index contributed by atoms with van der Waals surface area (Å²) in [6, 6.07) is 13.6. The monoisotopic (exact) mass is 502 g/mol. The third kappa shape index (κ3) is 4.78. The Morgan fingerprint density at radius 1 is 1.17 bits per heavy atom. The molecule has 10 heteroatoms. The highest BCUT2D eigenvalue weighted by molar-refractivity contribution is 7.99. The first-order chi connectivity index (χ1) is 17.2. The lowest BCUT2D eigenvalue weighted by Gasteiger charge is -2.11. The van der Waals surface area contributed by atoms with Gasteiger partial charge in [-0.1, -0.05) is 11.8 Å². The molecular weight excluding hydrogens is 480 g/mol. The number of thiophene rings is 1. The summed E-state index contributed by atoms with van der Waals surface area (Å²) in [5.41, 5.74) is 3.43. The summed E-state index contributed by atoms with van der Waals surface area (Å²) < 4.78 is 7.20. The smallest absolute Gasteiger partial charge is 0.235 e. The number of methoxy groups -OCH3 is 1. The van der Waals surface area contributed by atoms with Crippen molar-refractivity contribution in [2.75, 3.05) is 18.2 Å². The van der Waals surface area contributed by atoms with E-state index >= 15 is 0 Å². The molecule has 0 unspecified atom stereocenters. The molecule has 176 valence electrons. The number of carbonyl (C=O) groups excluding carboxylic acids is 1. The number of nitrogens with zero attached hydrogens (tertiary/aromatic N) is 5. The third-order valence-electron chi connectivity index (χ3n) is 5.77. The molecule has 0 radical (unpaired) electrons. The number of rotatable bonds is 7. The van der Waals surface area contributed by atoms with Gasteiger partial charge < -0.3 is 10.1 Å². The number of benzene rings is 1. The summed E-state index contributed by atoms with van der Waals surface area (Å²) in [6.45, 7) is 0. The second-order valence-electron chi connectivity index (χ2n) is 7.94. The number of amides is 1. The van der Waals surface area contributed by atoms with Crippen molar-refractivity contribution >= 4 is 34.0 Å². The maximum atomic E-state index is 12.9. The predicted molar refractivity (Wildman–Crippen MR) is 136 cm³/mol. The van der Waals surface area contributed by atoms with E-state index in [1.807, 2.05) is 41.0 Å². The van der Waals surface area contributed by atoms with Crippen LogP contribution in [0.5, 0.6) is 5.75 Å². The largest absolute Gasteiger partial charge is 0.497 e. The fraction of sp³-hybridized carbons (Fsp3) is 0.240. The van der Waals surface area contributed by atoms with Crippen LogP contribution < -0.4 is 10.1 Å². The van der Waals surface area contributed by atoms with Crippen LogP contribution in [0.25, 0.3) is 17.1 Å². The van der Waals surface area contributed by atoms with E-state index < -0.39 is 0 Å². The molecule has 4 aromatic rings. The number of fused-ring (bicyclic) bond motifs is 1. The molecule has 35 heavy (non-hydrogen) atoms. The Labute approximate surface area is 211 Å². The van der Waals surface area contributed by atoms with Crippen molar-refractivity contribution in [1.82, 2.24) is 19.7 Å². The summed E-state index contributed by atoms with van der Waals surface area (Å²) in [5.74, 6) is 1.35. The maximum Gasteiger partial charge on any atom is 0.235 e. The zero-order valence-corrected chi connectivity index (χ0v) is 20.7. The molecule has 0 atom stereocenters. The normalized spacial score (nSPS) is 12.6. The molecule has 0 spiro atoms.